The van der Waals surface area contributed by atoms with Gasteiger partial charge in [0.1, 0.15) is 17.5 Å². The maximum atomic E-state index is 13.4. The van der Waals surface area contributed by atoms with Crippen molar-refractivity contribution in [2.24, 2.45) is 10.7 Å². The minimum atomic E-state index is -0.577. The highest BCUT2D eigenvalue weighted by atomic mass is 79.9. The van der Waals surface area contributed by atoms with Crippen molar-refractivity contribution < 1.29 is 8.78 Å². The summed E-state index contributed by atoms with van der Waals surface area (Å²) in [6.07, 6.45) is 1.75. The molecule has 0 aliphatic heterocycles. The van der Waals surface area contributed by atoms with Crippen LogP contribution in [0.3, 0.4) is 0 Å². The molecule has 0 aliphatic carbocycles. The van der Waals surface area contributed by atoms with Crippen LogP contribution < -0.4 is 11.1 Å². The Bertz CT molecular complexity index is 624. The van der Waals surface area contributed by atoms with Crippen molar-refractivity contribution in [1.82, 2.24) is 4.98 Å². The van der Waals surface area contributed by atoms with Gasteiger partial charge in [0, 0.05) is 22.8 Å². The molecule has 0 saturated heterocycles. The Morgan fingerprint density at radius 1 is 1.24 bits per heavy atom. The van der Waals surface area contributed by atoms with Gasteiger partial charge in [-0.05, 0) is 46.6 Å². The molecule has 0 atom stereocenters. The quantitative estimate of drug-likeness (QED) is 0.655. The van der Waals surface area contributed by atoms with Gasteiger partial charge in [0.2, 0.25) is 0 Å². The molecular weight excluding hydrogens is 342 g/mol. The molecule has 0 spiro atoms. The lowest BCUT2D eigenvalue weighted by Gasteiger charge is -2.05. The van der Waals surface area contributed by atoms with Crippen LogP contribution in [0.4, 0.5) is 14.6 Å². The van der Waals surface area contributed by atoms with Crippen molar-refractivity contribution in [3.63, 3.8) is 0 Å². The second-order valence-corrected chi connectivity index (χ2v) is 5.12. The minimum absolute atomic E-state index is 0.0100. The third-order valence-corrected chi connectivity index (χ3v) is 3.16. The number of halogens is 3. The maximum absolute atomic E-state index is 13.4. The second-order valence-electron chi connectivity index (χ2n) is 4.20. The van der Waals surface area contributed by atoms with E-state index in [1.807, 2.05) is 0 Å². The predicted octanol–water partition coefficient (Wildman–Crippen LogP) is 3.09. The van der Waals surface area contributed by atoms with Crippen LogP contribution in [0.15, 0.2) is 46.0 Å². The Hall–Kier alpha value is -2.02. The minimum Gasteiger partial charge on any atom is -0.370 e. The van der Waals surface area contributed by atoms with Gasteiger partial charge in [-0.3, -0.25) is 4.99 Å². The molecule has 0 amide bonds. The number of nitrogens with one attached hydrogen (secondary N) is 1. The highest BCUT2D eigenvalue weighted by Crippen LogP contribution is 2.13. The summed E-state index contributed by atoms with van der Waals surface area (Å²) in [5.74, 6) is -0.476. The lowest BCUT2D eigenvalue weighted by atomic mass is 10.1. The molecule has 0 fully saturated rings. The van der Waals surface area contributed by atoms with E-state index < -0.39 is 11.6 Å². The topological polar surface area (TPSA) is 63.3 Å². The number of aromatic nitrogens is 1. The predicted molar refractivity (Wildman–Crippen MR) is 82.1 cm³/mol. The van der Waals surface area contributed by atoms with Crippen LogP contribution in [-0.2, 0) is 6.42 Å². The van der Waals surface area contributed by atoms with Gasteiger partial charge < -0.3 is 11.1 Å². The molecular formula is C14H13BrF2N4. The molecule has 2 aromatic rings. The number of hydrogen-bond donors (Lipinski definition) is 2. The fourth-order valence-corrected chi connectivity index (χ4v) is 1.91. The first kappa shape index (κ1) is 15.4. The summed E-state index contributed by atoms with van der Waals surface area (Å²) in [4.78, 5) is 8.09. The van der Waals surface area contributed by atoms with E-state index in [0.29, 0.717) is 5.82 Å². The van der Waals surface area contributed by atoms with Gasteiger partial charge in [0.15, 0.2) is 5.96 Å². The Kier molecular flexibility index (Phi) is 5.21. The molecule has 0 unspecified atom stereocenters. The number of benzene rings is 1. The van der Waals surface area contributed by atoms with Gasteiger partial charge in [-0.1, -0.05) is 6.07 Å². The molecule has 21 heavy (non-hydrogen) atoms. The molecule has 0 saturated carbocycles. The molecule has 4 nitrogen and oxygen atoms in total. The number of anilines is 1. The van der Waals surface area contributed by atoms with Crippen molar-refractivity contribution in [2.45, 2.75) is 6.42 Å². The molecule has 0 aliphatic rings. The highest BCUT2D eigenvalue weighted by Gasteiger charge is 2.07. The molecule has 1 heterocycles. The third kappa shape index (κ3) is 4.49. The Balaban J connectivity index is 1.93. The van der Waals surface area contributed by atoms with E-state index in [1.165, 1.54) is 18.2 Å². The van der Waals surface area contributed by atoms with Crippen LogP contribution in [-0.4, -0.2) is 17.5 Å². The number of nitrogens with zero attached hydrogens (tertiary/aromatic N) is 2. The van der Waals surface area contributed by atoms with Crippen LogP contribution in [0.2, 0.25) is 0 Å². The van der Waals surface area contributed by atoms with Gasteiger partial charge in [-0.25, -0.2) is 13.8 Å². The first-order valence-corrected chi connectivity index (χ1v) is 6.97. The number of rotatable bonds is 4. The number of pyridine rings is 1. The molecule has 1 aromatic carbocycles. The smallest absolute Gasteiger partial charge is 0.194 e. The van der Waals surface area contributed by atoms with Gasteiger partial charge >= 0.3 is 0 Å². The van der Waals surface area contributed by atoms with E-state index in [4.69, 9.17) is 5.73 Å². The van der Waals surface area contributed by atoms with Crippen molar-refractivity contribution >= 4 is 27.7 Å². The summed E-state index contributed by atoms with van der Waals surface area (Å²) in [6, 6.07) is 7.29. The van der Waals surface area contributed by atoms with Gasteiger partial charge in [0.25, 0.3) is 0 Å². The number of hydrogen-bond acceptors (Lipinski definition) is 2. The molecule has 1 aromatic heterocycles. The van der Waals surface area contributed by atoms with Crippen LogP contribution in [0.1, 0.15) is 5.56 Å². The second kappa shape index (κ2) is 7.12. The highest BCUT2D eigenvalue weighted by molar-refractivity contribution is 9.10. The Morgan fingerprint density at radius 3 is 2.57 bits per heavy atom. The zero-order valence-electron chi connectivity index (χ0n) is 11.0. The lowest BCUT2D eigenvalue weighted by Crippen LogP contribution is -2.23. The standard InChI is InChI=1S/C14H13BrF2N4/c15-9-4-5-13(20-8-9)21-14(18)19-7-6-10-11(16)2-1-3-12(10)17/h1-5,8H,6-7H2,(H3,18,19,20,21). The average Bonchev–Trinajstić information content (AvgIpc) is 2.45. The molecule has 0 radical (unpaired) electrons. The van der Waals surface area contributed by atoms with Crippen LogP contribution in [0.5, 0.6) is 0 Å². The molecule has 3 N–H and O–H groups in total. The van der Waals surface area contributed by atoms with Gasteiger partial charge in [0.05, 0.1) is 0 Å². The van der Waals surface area contributed by atoms with E-state index in [9.17, 15) is 8.78 Å². The third-order valence-electron chi connectivity index (χ3n) is 2.69. The lowest BCUT2D eigenvalue weighted by molar-refractivity contribution is 0.556. The summed E-state index contributed by atoms with van der Waals surface area (Å²) < 4.78 is 27.7. The zero-order valence-corrected chi connectivity index (χ0v) is 12.6. The normalized spacial score (nSPS) is 11.5. The van der Waals surface area contributed by atoms with Crippen LogP contribution >= 0.6 is 15.9 Å². The summed E-state index contributed by atoms with van der Waals surface area (Å²) >= 11 is 3.27. The van der Waals surface area contributed by atoms with E-state index in [2.05, 4.69) is 31.2 Å². The summed E-state index contributed by atoms with van der Waals surface area (Å²) in [6.45, 7) is 0.174. The van der Waals surface area contributed by atoms with Crippen molar-refractivity contribution in [3.8, 4) is 0 Å². The number of nitrogens with two attached hydrogens (primary N) is 1. The zero-order chi connectivity index (χ0) is 15.2. The maximum Gasteiger partial charge on any atom is 0.194 e. The van der Waals surface area contributed by atoms with Crippen LogP contribution in [0.25, 0.3) is 0 Å². The molecule has 7 heteroatoms. The summed E-state index contributed by atoms with van der Waals surface area (Å²) in [5, 5.41) is 2.79. The Labute approximate surface area is 129 Å². The van der Waals surface area contributed by atoms with E-state index >= 15 is 0 Å². The first-order valence-electron chi connectivity index (χ1n) is 6.17. The van der Waals surface area contributed by atoms with E-state index in [0.717, 1.165) is 4.47 Å². The Morgan fingerprint density at radius 2 is 1.95 bits per heavy atom. The fourth-order valence-electron chi connectivity index (χ4n) is 1.68. The monoisotopic (exact) mass is 354 g/mol. The van der Waals surface area contributed by atoms with Gasteiger partial charge in [-0.2, -0.15) is 0 Å². The molecule has 110 valence electrons. The summed E-state index contributed by atoms with van der Waals surface area (Å²) in [7, 11) is 0. The first-order chi connectivity index (χ1) is 10.1. The molecule has 2 rings (SSSR count). The van der Waals surface area contributed by atoms with E-state index in [1.54, 1.807) is 18.3 Å². The SMILES string of the molecule is NC(=NCCc1c(F)cccc1F)Nc1ccc(Br)cn1. The fraction of sp³-hybridized carbons (Fsp3) is 0.143. The van der Waals surface area contributed by atoms with Gasteiger partial charge in [-0.15, -0.1) is 0 Å². The van der Waals surface area contributed by atoms with Crippen molar-refractivity contribution in [3.05, 3.63) is 58.2 Å². The number of aliphatic imine (C=N–C) groups is 1. The average molecular weight is 355 g/mol. The van der Waals surface area contributed by atoms with E-state index in [-0.39, 0.29) is 24.5 Å². The number of guanidine groups is 1. The van der Waals surface area contributed by atoms with Crippen LogP contribution in [0, 0.1) is 11.6 Å². The van der Waals surface area contributed by atoms with Crippen molar-refractivity contribution in [1.29, 1.82) is 0 Å². The largest absolute Gasteiger partial charge is 0.370 e. The molecule has 0 bridgehead atoms. The van der Waals surface area contributed by atoms with Crippen molar-refractivity contribution in [2.75, 3.05) is 11.9 Å². The summed E-state index contributed by atoms with van der Waals surface area (Å²) in [5.41, 5.74) is 5.69.